The molecule has 10 nitrogen and oxygen atoms in total. The quantitative estimate of drug-likeness (QED) is 0.392. The summed E-state index contributed by atoms with van der Waals surface area (Å²) in [7, 11) is -2.65. The van der Waals surface area contributed by atoms with Gasteiger partial charge in [-0.15, -0.1) is 0 Å². The van der Waals surface area contributed by atoms with Crippen molar-refractivity contribution in [2.24, 2.45) is 13.0 Å². The van der Waals surface area contributed by atoms with Crippen LogP contribution in [0.5, 0.6) is 0 Å². The summed E-state index contributed by atoms with van der Waals surface area (Å²) in [6, 6.07) is 10.8. The van der Waals surface area contributed by atoms with Crippen molar-refractivity contribution in [1.82, 2.24) is 24.5 Å². The number of benzene rings is 2. The van der Waals surface area contributed by atoms with Crippen molar-refractivity contribution >= 4 is 50.9 Å². The zero-order chi connectivity index (χ0) is 29.9. The van der Waals surface area contributed by atoms with Gasteiger partial charge in [-0.1, -0.05) is 49.2 Å². The summed E-state index contributed by atoms with van der Waals surface area (Å²) < 4.78 is 28.4. The fraction of sp³-hybridized carbons (Fsp3) is 0.357. The Kier molecular flexibility index (Phi) is 9.41. The molecule has 0 unspecified atom stereocenters. The molecule has 2 N–H and O–H groups in total. The van der Waals surface area contributed by atoms with E-state index >= 15 is 0 Å². The molecule has 1 atom stereocenters. The minimum Gasteiger partial charge on any atom is -0.341 e. The van der Waals surface area contributed by atoms with Crippen LogP contribution < -0.4 is 10.0 Å². The smallest absolute Gasteiger partial charge is 0.283 e. The van der Waals surface area contributed by atoms with E-state index in [9.17, 15) is 22.8 Å². The number of aromatic nitrogens is 2. The van der Waals surface area contributed by atoms with Crippen LogP contribution in [0.3, 0.4) is 0 Å². The highest BCUT2D eigenvalue weighted by Crippen LogP contribution is 2.29. The van der Waals surface area contributed by atoms with Gasteiger partial charge in [-0.05, 0) is 60.6 Å². The standard InChI is InChI=1S/C28H31Cl2N5O5S/c1-17(2)25(28(38)35-10-8-19(9-11-35)18-4-6-22(29)7-5-18)32-26(36)20-12-21(14-23(30)13-20)27(37)33-41(39,40)24-15-34(3)16-31-24/h4-7,12-17,19,25H,8-11H2,1-3H3,(H,32,36)(H,33,37)/t25-/m1/s1. The molecule has 3 aromatic rings. The van der Waals surface area contributed by atoms with Crippen LogP contribution in [0.25, 0.3) is 0 Å². The Morgan fingerprint density at radius 3 is 2.12 bits per heavy atom. The molecule has 0 aliphatic carbocycles. The average molecular weight is 621 g/mol. The number of amides is 3. The second kappa shape index (κ2) is 12.6. The van der Waals surface area contributed by atoms with Gasteiger partial charge in [0.1, 0.15) is 6.04 Å². The van der Waals surface area contributed by atoms with Crippen LogP contribution >= 0.6 is 23.2 Å². The second-order valence-corrected chi connectivity index (χ2v) is 12.9. The highest BCUT2D eigenvalue weighted by atomic mass is 35.5. The summed E-state index contributed by atoms with van der Waals surface area (Å²) in [6.45, 7) is 4.78. The topological polar surface area (TPSA) is 130 Å². The number of likely N-dealkylation sites (tertiary alicyclic amines) is 1. The third-order valence-corrected chi connectivity index (χ3v) is 8.66. The molecule has 4 rings (SSSR count). The number of sulfonamides is 1. The van der Waals surface area contributed by atoms with Crippen molar-refractivity contribution in [1.29, 1.82) is 0 Å². The van der Waals surface area contributed by atoms with E-state index in [4.69, 9.17) is 23.2 Å². The second-order valence-electron chi connectivity index (χ2n) is 10.4. The van der Waals surface area contributed by atoms with Gasteiger partial charge in [-0.2, -0.15) is 8.42 Å². The molecule has 1 aromatic heterocycles. The lowest BCUT2D eigenvalue weighted by Gasteiger charge is -2.35. The van der Waals surface area contributed by atoms with E-state index in [1.54, 1.807) is 11.9 Å². The Morgan fingerprint density at radius 1 is 0.951 bits per heavy atom. The SMILES string of the molecule is CC(C)[C@@H](NC(=O)c1cc(Cl)cc(C(=O)NS(=O)(=O)c2cn(C)cn2)c1)C(=O)N1CCC(c2ccc(Cl)cc2)CC1. The molecule has 218 valence electrons. The van der Waals surface area contributed by atoms with E-state index in [0.717, 1.165) is 12.8 Å². The first-order valence-electron chi connectivity index (χ1n) is 13.0. The molecule has 0 saturated carbocycles. The lowest BCUT2D eigenvalue weighted by atomic mass is 9.89. The molecule has 1 fully saturated rings. The summed E-state index contributed by atoms with van der Waals surface area (Å²) in [6.07, 6.45) is 4.12. The summed E-state index contributed by atoms with van der Waals surface area (Å²) in [5.74, 6) is -1.68. The molecule has 1 aliphatic heterocycles. The zero-order valence-electron chi connectivity index (χ0n) is 22.8. The lowest BCUT2D eigenvalue weighted by Crippen LogP contribution is -2.52. The fourth-order valence-corrected chi connectivity index (χ4v) is 6.03. The summed E-state index contributed by atoms with van der Waals surface area (Å²) >= 11 is 12.2. The van der Waals surface area contributed by atoms with Crippen molar-refractivity contribution in [2.75, 3.05) is 13.1 Å². The van der Waals surface area contributed by atoms with Crippen LogP contribution in [0.2, 0.25) is 10.0 Å². The third-order valence-electron chi connectivity index (χ3n) is 6.97. The van der Waals surface area contributed by atoms with Gasteiger partial charge < -0.3 is 14.8 Å². The minimum absolute atomic E-state index is 0.0118. The zero-order valence-corrected chi connectivity index (χ0v) is 25.1. The maximum absolute atomic E-state index is 13.5. The number of hydrogen-bond acceptors (Lipinski definition) is 6. The van der Waals surface area contributed by atoms with Gasteiger partial charge in [0.25, 0.3) is 21.8 Å². The maximum atomic E-state index is 13.5. The number of carbonyl (C=O) groups excluding carboxylic acids is 3. The first-order chi connectivity index (χ1) is 19.3. The van der Waals surface area contributed by atoms with Gasteiger partial charge in [0.05, 0.1) is 6.33 Å². The predicted octanol–water partition coefficient (Wildman–Crippen LogP) is 4.01. The third kappa shape index (κ3) is 7.46. The number of nitrogens with one attached hydrogen (secondary N) is 2. The fourth-order valence-electron chi connectivity index (χ4n) is 4.72. The minimum atomic E-state index is -4.24. The van der Waals surface area contributed by atoms with Crippen LogP contribution in [0.4, 0.5) is 0 Å². The van der Waals surface area contributed by atoms with Crippen molar-refractivity contribution in [2.45, 2.75) is 43.7 Å². The first kappa shape index (κ1) is 30.5. The van der Waals surface area contributed by atoms with Crippen LogP contribution in [-0.2, 0) is 21.9 Å². The molecule has 13 heteroatoms. The lowest BCUT2D eigenvalue weighted by molar-refractivity contribution is -0.135. The van der Waals surface area contributed by atoms with Gasteiger partial charge in [-0.3, -0.25) is 14.4 Å². The molecule has 41 heavy (non-hydrogen) atoms. The molecular weight excluding hydrogens is 589 g/mol. The van der Waals surface area contributed by atoms with Crippen LogP contribution in [0, 0.1) is 5.92 Å². The van der Waals surface area contributed by atoms with Crippen LogP contribution in [0.15, 0.2) is 60.0 Å². The molecule has 2 aromatic carbocycles. The number of carbonyl (C=O) groups is 3. The molecule has 2 heterocycles. The maximum Gasteiger partial charge on any atom is 0.283 e. The number of hydrogen-bond donors (Lipinski definition) is 2. The highest BCUT2D eigenvalue weighted by molar-refractivity contribution is 7.90. The van der Waals surface area contributed by atoms with E-state index in [1.165, 1.54) is 40.9 Å². The van der Waals surface area contributed by atoms with Crippen LogP contribution in [0.1, 0.15) is 58.9 Å². The van der Waals surface area contributed by atoms with Crippen molar-refractivity contribution < 1.29 is 22.8 Å². The van der Waals surface area contributed by atoms with E-state index in [1.807, 2.05) is 42.8 Å². The molecular formula is C28H31Cl2N5O5S. The van der Waals surface area contributed by atoms with Crippen molar-refractivity contribution in [3.63, 3.8) is 0 Å². The van der Waals surface area contributed by atoms with E-state index in [0.29, 0.717) is 24.0 Å². The Labute approximate surface area is 249 Å². The number of piperidine rings is 1. The van der Waals surface area contributed by atoms with Gasteiger partial charge in [0, 0.05) is 47.5 Å². The molecule has 0 radical (unpaired) electrons. The Balaban J connectivity index is 1.43. The molecule has 1 saturated heterocycles. The monoisotopic (exact) mass is 619 g/mol. The van der Waals surface area contributed by atoms with Gasteiger partial charge in [-0.25, -0.2) is 9.71 Å². The van der Waals surface area contributed by atoms with Gasteiger partial charge in [0.2, 0.25) is 5.91 Å². The largest absolute Gasteiger partial charge is 0.341 e. The predicted molar refractivity (Wildman–Crippen MR) is 155 cm³/mol. The van der Waals surface area contributed by atoms with E-state index < -0.39 is 27.9 Å². The van der Waals surface area contributed by atoms with Crippen molar-refractivity contribution in [3.05, 3.63) is 81.7 Å². The number of imidazole rings is 1. The normalized spacial score (nSPS) is 15.0. The van der Waals surface area contributed by atoms with E-state index in [2.05, 4.69) is 10.3 Å². The average Bonchev–Trinajstić information content (AvgIpc) is 3.38. The summed E-state index contributed by atoms with van der Waals surface area (Å²) in [5.41, 5.74) is 1.06. The number of halogens is 2. The number of rotatable bonds is 8. The molecule has 0 spiro atoms. The summed E-state index contributed by atoms with van der Waals surface area (Å²) in [5, 5.41) is 3.18. The van der Waals surface area contributed by atoms with E-state index in [-0.39, 0.29) is 33.0 Å². The molecule has 0 bridgehead atoms. The Morgan fingerprint density at radius 2 is 1.56 bits per heavy atom. The molecule has 1 aliphatic rings. The number of aryl methyl sites for hydroxylation is 1. The number of nitrogens with zero attached hydrogens (tertiary/aromatic N) is 3. The van der Waals surface area contributed by atoms with Crippen molar-refractivity contribution in [3.8, 4) is 0 Å². The highest BCUT2D eigenvalue weighted by Gasteiger charge is 2.32. The van der Waals surface area contributed by atoms with Gasteiger partial charge >= 0.3 is 0 Å². The Bertz CT molecular complexity index is 1550. The Hall–Kier alpha value is -3.41. The van der Waals surface area contributed by atoms with Crippen LogP contribution in [-0.4, -0.2) is 59.7 Å². The first-order valence-corrected chi connectivity index (χ1v) is 15.3. The molecule has 3 amide bonds. The summed E-state index contributed by atoms with van der Waals surface area (Å²) in [4.78, 5) is 45.0. The van der Waals surface area contributed by atoms with Gasteiger partial charge in [0.15, 0.2) is 5.03 Å².